The van der Waals surface area contributed by atoms with Crippen molar-refractivity contribution in [3.05, 3.63) is 39.5 Å². The Morgan fingerprint density at radius 3 is 3.05 bits per heavy atom. The van der Waals surface area contributed by atoms with Gasteiger partial charge >= 0.3 is 5.69 Å². The predicted octanol–water partition coefficient (Wildman–Crippen LogP) is 2.74. The van der Waals surface area contributed by atoms with E-state index in [1.807, 2.05) is 29.8 Å². The number of imidazole rings is 1. The van der Waals surface area contributed by atoms with Crippen molar-refractivity contribution in [1.29, 1.82) is 0 Å². The highest BCUT2D eigenvalue weighted by atomic mass is 35.5. The molecule has 2 aromatic heterocycles. The number of aryl methyl sites for hydroxylation is 1. The van der Waals surface area contributed by atoms with Gasteiger partial charge in [0.15, 0.2) is 5.16 Å². The first-order chi connectivity index (χ1) is 10.6. The topological polar surface area (TPSA) is 68.5 Å². The third kappa shape index (κ3) is 2.34. The van der Waals surface area contributed by atoms with Crippen LogP contribution in [-0.2, 0) is 12.8 Å². The smallest absolute Gasteiger partial charge is 0.330 e. The minimum absolute atomic E-state index is 0.123. The standard InChI is InChI=1S/C14H14ClN5OS/c1-19-11-5-2-8(15)6-10(11)16-12(19)7-22-14-18-17-13(21)20(14)9-3-4-9/h2,5-6,9H,3-4,7H2,1H3,(H,17,21). The highest BCUT2D eigenvalue weighted by Crippen LogP contribution is 2.36. The van der Waals surface area contributed by atoms with Crippen molar-refractivity contribution in [2.75, 3.05) is 0 Å². The third-order valence-electron chi connectivity index (χ3n) is 3.85. The summed E-state index contributed by atoms with van der Waals surface area (Å²) < 4.78 is 3.80. The summed E-state index contributed by atoms with van der Waals surface area (Å²) in [6.45, 7) is 0. The SMILES string of the molecule is Cn1c(CSc2n[nH]c(=O)n2C2CC2)nc2cc(Cl)ccc21. The number of H-pyrrole nitrogens is 1. The number of nitrogens with zero attached hydrogens (tertiary/aromatic N) is 4. The van der Waals surface area contributed by atoms with E-state index >= 15 is 0 Å². The van der Waals surface area contributed by atoms with Gasteiger partial charge in [-0.3, -0.25) is 4.57 Å². The Balaban J connectivity index is 1.62. The number of hydrogen-bond donors (Lipinski definition) is 1. The maximum atomic E-state index is 11.8. The number of benzene rings is 1. The molecule has 3 aromatic rings. The fraction of sp³-hybridized carbons (Fsp3) is 0.357. The summed E-state index contributed by atoms with van der Waals surface area (Å²) in [4.78, 5) is 16.4. The molecule has 1 aliphatic carbocycles. The molecule has 0 atom stereocenters. The van der Waals surface area contributed by atoms with Crippen molar-refractivity contribution in [2.24, 2.45) is 7.05 Å². The van der Waals surface area contributed by atoms with Gasteiger partial charge in [-0.15, -0.1) is 5.10 Å². The van der Waals surface area contributed by atoms with Gasteiger partial charge in [-0.1, -0.05) is 23.4 Å². The van der Waals surface area contributed by atoms with Crippen LogP contribution in [0.15, 0.2) is 28.2 Å². The van der Waals surface area contributed by atoms with Gasteiger partial charge in [0, 0.05) is 18.1 Å². The van der Waals surface area contributed by atoms with E-state index in [9.17, 15) is 4.79 Å². The maximum absolute atomic E-state index is 11.8. The third-order valence-corrected chi connectivity index (χ3v) is 5.03. The second kappa shape index (κ2) is 5.17. The molecule has 0 saturated heterocycles. The lowest BCUT2D eigenvalue weighted by molar-refractivity contribution is 0.642. The van der Waals surface area contributed by atoms with E-state index < -0.39 is 0 Å². The molecule has 2 heterocycles. The molecule has 0 spiro atoms. The Bertz CT molecular complexity index is 908. The monoisotopic (exact) mass is 335 g/mol. The zero-order chi connectivity index (χ0) is 15.3. The largest absolute Gasteiger partial charge is 0.344 e. The number of fused-ring (bicyclic) bond motifs is 1. The molecule has 0 unspecified atom stereocenters. The fourth-order valence-corrected chi connectivity index (χ4v) is 3.69. The van der Waals surface area contributed by atoms with E-state index in [1.54, 1.807) is 4.57 Å². The number of aromatic nitrogens is 5. The van der Waals surface area contributed by atoms with Crippen LogP contribution >= 0.6 is 23.4 Å². The van der Waals surface area contributed by atoms with Crippen LogP contribution in [0.3, 0.4) is 0 Å². The summed E-state index contributed by atoms with van der Waals surface area (Å²) in [6, 6.07) is 6.00. The number of aromatic amines is 1. The fourth-order valence-electron chi connectivity index (χ4n) is 2.53. The Labute approximate surface area is 135 Å². The first kappa shape index (κ1) is 13.9. The highest BCUT2D eigenvalue weighted by molar-refractivity contribution is 7.98. The second-order valence-corrected chi connectivity index (χ2v) is 6.80. The van der Waals surface area contributed by atoms with Crippen molar-refractivity contribution < 1.29 is 0 Å². The average molecular weight is 336 g/mol. The summed E-state index contributed by atoms with van der Waals surface area (Å²) in [5, 5.41) is 8.07. The summed E-state index contributed by atoms with van der Waals surface area (Å²) in [6.07, 6.45) is 2.11. The van der Waals surface area contributed by atoms with E-state index in [2.05, 4.69) is 15.2 Å². The zero-order valence-corrected chi connectivity index (χ0v) is 13.5. The molecule has 4 rings (SSSR count). The predicted molar refractivity (Wildman–Crippen MR) is 86.4 cm³/mol. The molecule has 0 radical (unpaired) electrons. The number of hydrogen-bond acceptors (Lipinski definition) is 4. The van der Waals surface area contributed by atoms with Gasteiger partial charge in [-0.2, -0.15) is 0 Å². The van der Waals surface area contributed by atoms with E-state index in [1.165, 1.54) is 11.8 Å². The minimum atomic E-state index is -0.123. The van der Waals surface area contributed by atoms with Crippen molar-refractivity contribution in [3.8, 4) is 0 Å². The Kier molecular flexibility index (Phi) is 3.27. The van der Waals surface area contributed by atoms with Crippen molar-refractivity contribution in [1.82, 2.24) is 24.3 Å². The molecule has 8 heteroatoms. The van der Waals surface area contributed by atoms with Crippen LogP contribution in [0.2, 0.25) is 5.02 Å². The summed E-state index contributed by atoms with van der Waals surface area (Å²) in [5.41, 5.74) is 1.80. The molecule has 22 heavy (non-hydrogen) atoms. The molecular formula is C14H14ClN5OS. The van der Waals surface area contributed by atoms with Gasteiger partial charge in [0.05, 0.1) is 16.8 Å². The molecule has 1 fully saturated rings. The van der Waals surface area contributed by atoms with Gasteiger partial charge in [0.25, 0.3) is 0 Å². The first-order valence-electron chi connectivity index (χ1n) is 7.04. The number of thioether (sulfide) groups is 1. The summed E-state index contributed by atoms with van der Waals surface area (Å²) in [5.74, 6) is 1.58. The van der Waals surface area contributed by atoms with Crippen LogP contribution in [0.5, 0.6) is 0 Å². The van der Waals surface area contributed by atoms with Gasteiger partial charge in [-0.25, -0.2) is 14.9 Å². The Morgan fingerprint density at radius 1 is 1.45 bits per heavy atom. The highest BCUT2D eigenvalue weighted by Gasteiger charge is 2.28. The number of rotatable bonds is 4. The van der Waals surface area contributed by atoms with Crippen molar-refractivity contribution in [2.45, 2.75) is 29.8 Å². The molecule has 0 bridgehead atoms. The lowest BCUT2D eigenvalue weighted by atomic mass is 10.3. The second-order valence-electron chi connectivity index (χ2n) is 5.42. The normalized spacial score (nSPS) is 14.8. The van der Waals surface area contributed by atoms with Crippen LogP contribution < -0.4 is 5.69 Å². The van der Waals surface area contributed by atoms with E-state index in [0.29, 0.717) is 16.8 Å². The average Bonchev–Trinajstić information content (AvgIpc) is 3.19. The summed E-state index contributed by atoms with van der Waals surface area (Å²) >= 11 is 7.54. The molecule has 1 aliphatic rings. The Morgan fingerprint density at radius 2 is 2.27 bits per heavy atom. The number of nitrogens with one attached hydrogen (secondary N) is 1. The minimum Gasteiger partial charge on any atom is -0.330 e. The molecule has 0 aliphatic heterocycles. The van der Waals surface area contributed by atoms with Crippen molar-refractivity contribution >= 4 is 34.4 Å². The van der Waals surface area contributed by atoms with E-state index in [4.69, 9.17) is 11.6 Å². The van der Waals surface area contributed by atoms with Crippen LogP contribution in [0.1, 0.15) is 24.7 Å². The molecule has 1 N–H and O–H groups in total. The van der Waals surface area contributed by atoms with Crippen LogP contribution in [0.4, 0.5) is 0 Å². The van der Waals surface area contributed by atoms with Gasteiger partial charge in [0.1, 0.15) is 5.82 Å². The van der Waals surface area contributed by atoms with Gasteiger partial charge < -0.3 is 4.57 Å². The van der Waals surface area contributed by atoms with Crippen LogP contribution in [0.25, 0.3) is 11.0 Å². The molecule has 1 saturated carbocycles. The lowest BCUT2D eigenvalue weighted by Crippen LogP contribution is -2.16. The quantitative estimate of drug-likeness (QED) is 0.744. The van der Waals surface area contributed by atoms with Crippen LogP contribution in [0, 0.1) is 0 Å². The molecule has 1 aromatic carbocycles. The first-order valence-corrected chi connectivity index (χ1v) is 8.40. The lowest BCUT2D eigenvalue weighted by Gasteiger charge is -2.04. The maximum Gasteiger partial charge on any atom is 0.344 e. The molecular weight excluding hydrogens is 322 g/mol. The molecule has 114 valence electrons. The van der Waals surface area contributed by atoms with E-state index in [-0.39, 0.29) is 5.69 Å². The molecule has 6 nitrogen and oxygen atoms in total. The Hall–Kier alpha value is -1.73. The zero-order valence-electron chi connectivity index (χ0n) is 11.9. The van der Waals surface area contributed by atoms with Gasteiger partial charge in [0.2, 0.25) is 0 Å². The van der Waals surface area contributed by atoms with Crippen LogP contribution in [-0.4, -0.2) is 24.3 Å². The summed E-state index contributed by atoms with van der Waals surface area (Å²) in [7, 11) is 1.98. The number of halogens is 1. The van der Waals surface area contributed by atoms with E-state index in [0.717, 1.165) is 34.9 Å². The van der Waals surface area contributed by atoms with Crippen molar-refractivity contribution in [3.63, 3.8) is 0 Å². The van der Waals surface area contributed by atoms with Gasteiger partial charge in [-0.05, 0) is 31.0 Å². The molecule has 0 amide bonds.